The third-order valence-corrected chi connectivity index (χ3v) is 3.98. The van der Waals surface area contributed by atoms with Crippen LogP contribution in [0.25, 0.3) is 11.5 Å². The fourth-order valence-corrected chi connectivity index (χ4v) is 2.82. The van der Waals surface area contributed by atoms with Gasteiger partial charge in [0, 0.05) is 6.54 Å². The molecule has 0 spiro atoms. The van der Waals surface area contributed by atoms with Gasteiger partial charge < -0.3 is 20.0 Å². The molecule has 1 fully saturated rings. The Morgan fingerprint density at radius 3 is 2.90 bits per heavy atom. The summed E-state index contributed by atoms with van der Waals surface area (Å²) in [5, 5.41) is 6.76. The number of hydrogen-bond acceptors (Lipinski definition) is 5. The fourth-order valence-electron chi connectivity index (χ4n) is 2.82. The molecule has 0 unspecified atom stereocenters. The Hall–Kier alpha value is -2.24. The first-order valence-electron chi connectivity index (χ1n) is 7.33. The highest BCUT2D eigenvalue weighted by Gasteiger charge is 2.24. The van der Waals surface area contributed by atoms with Crippen molar-refractivity contribution in [3.63, 3.8) is 0 Å². The van der Waals surface area contributed by atoms with Gasteiger partial charge in [-0.25, -0.2) is 0 Å². The van der Waals surface area contributed by atoms with E-state index in [9.17, 15) is 4.79 Å². The molecule has 3 N–H and O–H groups in total. The molecule has 1 saturated carbocycles. The van der Waals surface area contributed by atoms with Crippen LogP contribution in [0.15, 0.2) is 27.3 Å². The molecule has 0 aliphatic heterocycles. The van der Waals surface area contributed by atoms with Crippen molar-refractivity contribution in [2.45, 2.75) is 32.1 Å². The van der Waals surface area contributed by atoms with Crippen LogP contribution >= 0.6 is 0 Å². The van der Waals surface area contributed by atoms with E-state index in [-0.39, 0.29) is 17.4 Å². The summed E-state index contributed by atoms with van der Waals surface area (Å²) in [5.41, 5.74) is 6.32. The number of nitrogens with zero attached hydrogens (tertiary/aromatic N) is 1. The van der Waals surface area contributed by atoms with Crippen LogP contribution in [0.3, 0.4) is 0 Å². The van der Waals surface area contributed by atoms with Crippen LogP contribution in [-0.2, 0) is 0 Å². The Morgan fingerprint density at radius 2 is 2.19 bits per heavy atom. The average Bonchev–Trinajstić information content (AvgIpc) is 3.15. The number of rotatable bonds is 4. The summed E-state index contributed by atoms with van der Waals surface area (Å²) in [5.74, 6) is 0.780. The molecule has 3 rings (SSSR count). The van der Waals surface area contributed by atoms with Crippen LogP contribution < -0.4 is 11.1 Å². The van der Waals surface area contributed by atoms with Crippen LogP contribution in [0.2, 0.25) is 0 Å². The summed E-state index contributed by atoms with van der Waals surface area (Å²) in [7, 11) is 0. The molecule has 0 saturated heterocycles. The number of nitrogens with one attached hydrogen (secondary N) is 1. The van der Waals surface area contributed by atoms with Crippen molar-refractivity contribution in [2.75, 3.05) is 12.3 Å². The summed E-state index contributed by atoms with van der Waals surface area (Å²) in [4.78, 5) is 12.4. The topological polar surface area (TPSA) is 94.3 Å². The molecule has 0 aromatic carbocycles. The first-order chi connectivity index (χ1) is 10.3. The third kappa shape index (κ3) is 2.94. The zero-order valence-corrected chi connectivity index (χ0v) is 11.8. The van der Waals surface area contributed by atoms with Gasteiger partial charge in [-0.05, 0) is 30.9 Å². The molecule has 6 nitrogen and oxygen atoms in total. The lowest BCUT2D eigenvalue weighted by atomic mass is 9.89. The molecule has 0 atom stereocenters. The summed E-state index contributed by atoms with van der Waals surface area (Å²) in [6, 6.07) is 3.44. The minimum atomic E-state index is -0.259. The molecule has 6 heteroatoms. The van der Waals surface area contributed by atoms with Gasteiger partial charge in [0.25, 0.3) is 5.91 Å². The molecule has 0 radical (unpaired) electrons. The van der Waals surface area contributed by atoms with Crippen molar-refractivity contribution >= 4 is 11.8 Å². The molecule has 21 heavy (non-hydrogen) atoms. The van der Waals surface area contributed by atoms with Crippen LogP contribution in [-0.4, -0.2) is 17.6 Å². The number of carbonyl (C=O) groups excluding carboxylic acids is 1. The second-order valence-corrected chi connectivity index (χ2v) is 5.46. The Bertz CT molecular complexity index is 598. The number of nitrogens with two attached hydrogens (primary N) is 1. The fraction of sp³-hybridized carbons (Fsp3) is 0.467. The van der Waals surface area contributed by atoms with E-state index < -0.39 is 0 Å². The van der Waals surface area contributed by atoms with Crippen molar-refractivity contribution in [3.8, 4) is 11.5 Å². The lowest BCUT2D eigenvalue weighted by Gasteiger charge is -2.21. The van der Waals surface area contributed by atoms with Crippen molar-refractivity contribution in [1.29, 1.82) is 0 Å². The zero-order chi connectivity index (χ0) is 14.7. The maximum absolute atomic E-state index is 12.4. The SMILES string of the molecule is Nc1onc(-c2ccco2)c1C(=O)NCC1CCCCC1. The number of furan rings is 1. The van der Waals surface area contributed by atoms with Crippen molar-refractivity contribution in [3.05, 3.63) is 24.0 Å². The number of aromatic nitrogens is 1. The van der Waals surface area contributed by atoms with Crippen LogP contribution in [0.5, 0.6) is 0 Å². The monoisotopic (exact) mass is 289 g/mol. The van der Waals surface area contributed by atoms with E-state index in [1.807, 2.05) is 0 Å². The largest absolute Gasteiger partial charge is 0.463 e. The molecule has 112 valence electrons. The molecule has 1 aliphatic rings. The minimum absolute atomic E-state index is 0.0162. The number of nitrogen functional groups attached to an aromatic ring is 1. The molecule has 2 heterocycles. The number of hydrogen-bond donors (Lipinski definition) is 2. The van der Waals surface area contributed by atoms with E-state index in [2.05, 4.69) is 10.5 Å². The number of amides is 1. The van der Waals surface area contributed by atoms with Crippen molar-refractivity contribution in [2.24, 2.45) is 5.92 Å². The normalized spacial score (nSPS) is 16.0. The summed E-state index contributed by atoms with van der Waals surface area (Å²) in [6.07, 6.45) is 7.64. The minimum Gasteiger partial charge on any atom is -0.463 e. The number of carbonyl (C=O) groups is 1. The van der Waals surface area contributed by atoms with Gasteiger partial charge in [-0.1, -0.05) is 24.4 Å². The third-order valence-electron chi connectivity index (χ3n) is 3.98. The highest BCUT2D eigenvalue weighted by atomic mass is 16.5. The van der Waals surface area contributed by atoms with Gasteiger partial charge in [-0.3, -0.25) is 4.79 Å². The van der Waals surface area contributed by atoms with Gasteiger partial charge in [-0.15, -0.1) is 0 Å². The quantitative estimate of drug-likeness (QED) is 0.902. The second kappa shape index (κ2) is 6.03. The second-order valence-electron chi connectivity index (χ2n) is 5.46. The number of anilines is 1. The van der Waals surface area contributed by atoms with Gasteiger partial charge in [0.05, 0.1) is 6.26 Å². The van der Waals surface area contributed by atoms with Gasteiger partial charge >= 0.3 is 0 Å². The maximum Gasteiger partial charge on any atom is 0.259 e. The first-order valence-corrected chi connectivity index (χ1v) is 7.33. The predicted octanol–water partition coefficient (Wildman–Crippen LogP) is 2.83. The lowest BCUT2D eigenvalue weighted by molar-refractivity contribution is 0.0944. The standard InChI is InChI=1S/C15H19N3O3/c16-14-12(13(18-21-14)11-7-4-8-20-11)15(19)17-9-10-5-2-1-3-6-10/h4,7-8,10H,1-3,5-6,9,16H2,(H,17,19). The Morgan fingerprint density at radius 1 is 1.38 bits per heavy atom. The van der Waals surface area contributed by atoms with E-state index in [0.29, 0.717) is 23.9 Å². The van der Waals surface area contributed by atoms with Gasteiger partial charge in [0.1, 0.15) is 5.56 Å². The molecule has 1 aliphatic carbocycles. The summed E-state index contributed by atoms with van der Waals surface area (Å²) in [6.45, 7) is 0.668. The molecule has 1 amide bonds. The highest BCUT2D eigenvalue weighted by Crippen LogP contribution is 2.28. The molecule has 0 bridgehead atoms. The zero-order valence-electron chi connectivity index (χ0n) is 11.8. The van der Waals surface area contributed by atoms with E-state index >= 15 is 0 Å². The Kier molecular flexibility index (Phi) is 3.94. The molecule has 2 aromatic heterocycles. The Labute approximate surface area is 122 Å². The van der Waals surface area contributed by atoms with Gasteiger partial charge in [0.2, 0.25) is 5.88 Å². The Balaban J connectivity index is 1.71. The van der Waals surface area contributed by atoms with Crippen molar-refractivity contribution in [1.82, 2.24) is 10.5 Å². The molecular formula is C15H19N3O3. The van der Waals surface area contributed by atoms with Crippen LogP contribution in [0.1, 0.15) is 42.5 Å². The summed E-state index contributed by atoms with van der Waals surface area (Å²) < 4.78 is 10.2. The smallest absolute Gasteiger partial charge is 0.259 e. The van der Waals surface area contributed by atoms with Gasteiger partial charge in [-0.2, -0.15) is 0 Å². The highest BCUT2D eigenvalue weighted by molar-refractivity contribution is 6.03. The van der Waals surface area contributed by atoms with E-state index in [1.54, 1.807) is 12.1 Å². The van der Waals surface area contributed by atoms with Crippen LogP contribution in [0.4, 0.5) is 5.88 Å². The summed E-state index contributed by atoms with van der Waals surface area (Å²) >= 11 is 0. The van der Waals surface area contributed by atoms with E-state index in [0.717, 1.165) is 0 Å². The van der Waals surface area contributed by atoms with Crippen LogP contribution in [0, 0.1) is 5.92 Å². The van der Waals surface area contributed by atoms with E-state index in [4.69, 9.17) is 14.7 Å². The maximum atomic E-state index is 12.4. The molecule has 2 aromatic rings. The van der Waals surface area contributed by atoms with Crippen molar-refractivity contribution < 1.29 is 13.7 Å². The van der Waals surface area contributed by atoms with E-state index in [1.165, 1.54) is 38.4 Å². The molecular weight excluding hydrogens is 270 g/mol. The predicted molar refractivity (Wildman–Crippen MR) is 77.5 cm³/mol. The average molecular weight is 289 g/mol. The lowest BCUT2D eigenvalue weighted by Crippen LogP contribution is -2.30. The van der Waals surface area contributed by atoms with Gasteiger partial charge in [0.15, 0.2) is 11.5 Å². The first kappa shape index (κ1) is 13.7.